The summed E-state index contributed by atoms with van der Waals surface area (Å²) in [5, 5.41) is 12.4. The lowest BCUT2D eigenvalue weighted by molar-refractivity contribution is -0.142. The first-order chi connectivity index (χ1) is 12.6. The van der Waals surface area contributed by atoms with Gasteiger partial charge in [-0.15, -0.1) is 0 Å². The van der Waals surface area contributed by atoms with Gasteiger partial charge < -0.3 is 10.4 Å². The van der Waals surface area contributed by atoms with Crippen LogP contribution >= 0.6 is 0 Å². The van der Waals surface area contributed by atoms with Gasteiger partial charge >= 0.3 is 5.97 Å². The van der Waals surface area contributed by atoms with Gasteiger partial charge in [0, 0.05) is 0 Å². The smallest absolute Gasteiger partial charge is 0.320 e. The van der Waals surface area contributed by atoms with E-state index in [0.717, 1.165) is 17.5 Å². The van der Waals surface area contributed by atoms with E-state index in [1.54, 1.807) is 4.90 Å². The zero-order valence-corrected chi connectivity index (χ0v) is 14.7. The average Bonchev–Trinajstić information content (AvgIpc) is 3.11. The van der Waals surface area contributed by atoms with Crippen LogP contribution in [-0.2, 0) is 16.0 Å². The maximum Gasteiger partial charge on any atom is 0.320 e. The number of hydrogen-bond donors (Lipinski definition) is 2. The van der Waals surface area contributed by atoms with Crippen LogP contribution in [-0.4, -0.2) is 41.0 Å². The van der Waals surface area contributed by atoms with E-state index in [0.29, 0.717) is 19.4 Å². The molecule has 1 amide bonds. The van der Waals surface area contributed by atoms with Gasteiger partial charge in [0.1, 0.15) is 6.04 Å². The SMILES string of the molecule is O=C(CN1CCC[C@@H]1C(=O)O)N[C@@H](Cc1ccccc1)c1ccccc1. The van der Waals surface area contributed by atoms with Crippen LogP contribution < -0.4 is 5.32 Å². The Labute approximate surface area is 153 Å². The van der Waals surface area contributed by atoms with Crippen LogP contribution in [0.25, 0.3) is 0 Å². The van der Waals surface area contributed by atoms with Crippen molar-refractivity contribution in [3.05, 3.63) is 71.8 Å². The van der Waals surface area contributed by atoms with Crippen molar-refractivity contribution in [2.24, 2.45) is 0 Å². The maximum absolute atomic E-state index is 12.6. The molecule has 136 valence electrons. The molecule has 2 N–H and O–H groups in total. The minimum atomic E-state index is -0.848. The third kappa shape index (κ3) is 4.70. The lowest BCUT2D eigenvalue weighted by Gasteiger charge is -2.24. The first-order valence-corrected chi connectivity index (χ1v) is 8.98. The Morgan fingerprint density at radius 2 is 1.73 bits per heavy atom. The topological polar surface area (TPSA) is 69.6 Å². The van der Waals surface area contributed by atoms with Crippen LogP contribution in [0.15, 0.2) is 60.7 Å². The van der Waals surface area contributed by atoms with Crippen LogP contribution in [0.2, 0.25) is 0 Å². The van der Waals surface area contributed by atoms with E-state index in [9.17, 15) is 14.7 Å². The van der Waals surface area contributed by atoms with Crippen molar-refractivity contribution in [2.75, 3.05) is 13.1 Å². The second-order valence-electron chi connectivity index (χ2n) is 6.69. The number of carbonyl (C=O) groups excluding carboxylic acids is 1. The molecule has 0 aliphatic carbocycles. The molecule has 1 saturated heterocycles. The van der Waals surface area contributed by atoms with Gasteiger partial charge in [-0.05, 0) is 36.9 Å². The number of nitrogens with zero attached hydrogens (tertiary/aromatic N) is 1. The first-order valence-electron chi connectivity index (χ1n) is 8.98. The van der Waals surface area contributed by atoms with Gasteiger partial charge in [0.05, 0.1) is 12.6 Å². The minimum Gasteiger partial charge on any atom is -0.480 e. The predicted octanol–water partition coefficient (Wildman–Crippen LogP) is 2.64. The highest BCUT2D eigenvalue weighted by molar-refractivity contribution is 5.80. The summed E-state index contributed by atoms with van der Waals surface area (Å²) >= 11 is 0. The highest BCUT2D eigenvalue weighted by atomic mass is 16.4. The van der Waals surface area contributed by atoms with Gasteiger partial charge in [-0.3, -0.25) is 14.5 Å². The van der Waals surface area contributed by atoms with Crippen molar-refractivity contribution in [1.82, 2.24) is 10.2 Å². The molecule has 26 heavy (non-hydrogen) atoms. The van der Waals surface area contributed by atoms with Gasteiger partial charge in [0.15, 0.2) is 0 Å². The standard InChI is InChI=1S/C21H24N2O3/c24-20(15-23-13-7-12-19(23)21(25)26)22-18(17-10-5-2-6-11-17)14-16-8-3-1-4-9-16/h1-6,8-11,18-19H,7,12-15H2,(H,22,24)(H,25,26)/t18-,19+/m0/s1. The van der Waals surface area contributed by atoms with Crippen molar-refractivity contribution in [1.29, 1.82) is 0 Å². The number of carboxylic acids is 1. The van der Waals surface area contributed by atoms with E-state index in [2.05, 4.69) is 5.32 Å². The molecule has 0 aromatic heterocycles. The number of hydrogen-bond acceptors (Lipinski definition) is 3. The molecule has 0 unspecified atom stereocenters. The molecule has 1 aliphatic heterocycles. The predicted molar refractivity (Wildman–Crippen MR) is 99.7 cm³/mol. The largest absolute Gasteiger partial charge is 0.480 e. The lowest BCUT2D eigenvalue weighted by atomic mass is 9.99. The number of benzene rings is 2. The molecule has 5 nitrogen and oxygen atoms in total. The molecular formula is C21H24N2O3. The highest BCUT2D eigenvalue weighted by Gasteiger charge is 2.32. The molecule has 1 fully saturated rings. The Morgan fingerprint density at radius 1 is 1.08 bits per heavy atom. The third-order valence-corrected chi connectivity index (χ3v) is 4.82. The van der Waals surface area contributed by atoms with Gasteiger partial charge in [-0.1, -0.05) is 60.7 Å². The highest BCUT2D eigenvalue weighted by Crippen LogP contribution is 2.20. The molecule has 2 aromatic rings. The molecule has 1 heterocycles. The van der Waals surface area contributed by atoms with E-state index in [4.69, 9.17) is 0 Å². The number of likely N-dealkylation sites (tertiary alicyclic amines) is 1. The summed E-state index contributed by atoms with van der Waals surface area (Å²) in [4.78, 5) is 25.7. The summed E-state index contributed by atoms with van der Waals surface area (Å²) in [6.45, 7) is 0.772. The molecule has 5 heteroatoms. The van der Waals surface area contributed by atoms with Crippen LogP contribution in [0.1, 0.15) is 30.0 Å². The minimum absolute atomic E-state index is 0.120. The van der Waals surface area contributed by atoms with Gasteiger partial charge in [-0.25, -0.2) is 0 Å². The Morgan fingerprint density at radius 3 is 2.38 bits per heavy atom. The molecule has 0 saturated carbocycles. The fraction of sp³-hybridized carbons (Fsp3) is 0.333. The summed E-state index contributed by atoms with van der Waals surface area (Å²) < 4.78 is 0. The fourth-order valence-electron chi connectivity index (χ4n) is 3.51. The maximum atomic E-state index is 12.6. The Hall–Kier alpha value is -2.66. The van der Waals surface area contributed by atoms with Gasteiger partial charge in [0.25, 0.3) is 0 Å². The molecule has 0 radical (unpaired) electrons. The molecule has 3 rings (SSSR count). The Balaban J connectivity index is 1.69. The second-order valence-corrected chi connectivity index (χ2v) is 6.69. The normalized spacial score (nSPS) is 18.4. The summed E-state index contributed by atoms with van der Waals surface area (Å²) in [7, 11) is 0. The quantitative estimate of drug-likeness (QED) is 0.804. The van der Waals surface area contributed by atoms with E-state index >= 15 is 0 Å². The first kappa shape index (κ1) is 18.1. The molecule has 0 bridgehead atoms. The van der Waals surface area contributed by atoms with Gasteiger partial charge in [0.2, 0.25) is 5.91 Å². The van der Waals surface area contributed by atoms with E-state index in [1.807, 2.05) is 60.7 Å². The van der Waals surface area contributed by atoms with Crippen molar-refractivity contribution in [3.8, 4) is 0 Å². The molecule has 0 spiro atoms. The van der Waals surface area contributed by atoms with Crippen LogP contribution in [0.4, 0.5) is 0 Å². The zero-order chi connectivity index (χ0) is 18.4. The monoisotopic (exact) mass is 352 g/mol. The third-order valence-electron chi connectivity index (χ3n) is 4.82. The van der Waals surface area contributed by atoms with Crippen molar-refractivity contribution in [2.45, 2.75) is 31.3 Å². The van der Waals surface area contributed by atoms with Crippen molar-refractivity contribution in [3.63, 3.8) is 0 Å². The molecule has 1 aliphatic rings. The van der Waals surface area contributed by atoms with Crippen LogP contribution in [0.5, 0.6) is 0 Å². The Kier molecular flexibility index (Phi) is 6.02. The summed E-state index contributed by atoms with van der Waals surface area (Å²) in [5.41, 5.74) is 2.19. The fourth-order valence-corrected chi connectivity index (χ4v) is 3.51. The number of carboxylic acid groups (broad SMARTS) is 1. The van der Waals surface area contributed by atoms with Crippen molar-refractivity contribution < 1.29 is 14.7 Å². The number of carbonyl (C=O) groups is 2. The van der Waals surface area contributed by atoms with E-state index in [1.165, 1.54) is 0 Å². The van der Waals surface area contributed by atoms with Crippen molar-refractivity contribution >= 4 is 11.9 Å². The average molecular weight is 352 g/mol. The molecule has 2 aromatic carbocycles. The van der Waals surface area contributed by atoms with E-state index in [-0.39, 0.29) is 18.5 Å². The van der Waals surface area contributed by atoms with Crippen LogP contribution in [0.3, 0.4) is 0 Å². The lowest BCUT2D eigenvalue weighted by Crippen LogP contribution is -2.44. The number of amides is 1. The summed E-state index contributed by atoms with van der Waals surface area (Å²) in [5.74, 6) is -0.984. The van der Waals surface area contributed by atoms with Gasteiger partial charge in [-0.2, -0.15) is 0 Å². The Bertz CT molecular complexity index is 733. The zero-order valence-electron chi connectivity index (χ0n) is 14.7. The summed E-state index contributed by atoms with van der Waals surface area (Å²) in [6, 6.07) is 19.2. The molecule has 2 atom stereocenters. The molecular weight excluding hydrogens is 328 g/mol. The second kappa shape index (κ2) is 8.63. The van der Waals surface area contributed by atoms with Crippen LogP contribution in [0, 0.1) is 0 Å². The van der Waals surface area contributed by atoms with E-state index < -0.39 is 12.0 Å². The number of nitrogens with one attached hydrogen (secondary N) is 1. The number of rotatable bonds is 7. The number of aliphatic carboxylic acids is 1. The summed E-state index contributed by atoms with van der Waals surface area (Å²) in [6.07, 6.45) is 2.12.